The van der Waals surface area contributed by atoms with Crippen LogP contribution in [0.1, 0.15) is 38.5 Å². The molecule has 2 aliphatic heterocycles. The minimum absolute atomic E-state index is 0.00139. The lowest BCUT2D eigenvalue weighted by molar-refractivity contribution is 0.0824. The predicted molar refractivity (Wildman–Crippen MR) is 169 cm³/mol. The number of ether oxygens (including phenoxy) is 1. The topological polar surface area (TPSA) is 119 Å². The van der Waals surface area contributed by atoms with Gasteiger partial charge < -0.3 is 19.6 Å². The molecule has 2 saturated heterocycles. The Labute approximate surface area is 269 Å². The van der Waals surface area contributed by atoms with Gasteiger partial charge in [-0.3, -0.25) is 9.88 Å². The summed E-state index contributed by atoms with van der Waals surface area (Å²) in [5.74, 6) is -1.03. The van der Waals surface area contributed by atoms with Crippen LogP contribution in [0.3, 0.4) is 0 Å². The third kappa shape index (κ3) is 5.41. The average molecular weight is 648 g/mol. The van der Waals surface area contributed by atoms with Gasteiger partial charge in [-0.05, 0) is 43.7 Å². The predicted octanol–water partition coefficient (Wildman–Crippen LogP) is 6.25. The van der Waals surface area contributed by atoms with Crippen molar-refractivity contribution < 1.29 is 23.4 Å². The van der Waals surface area contributed by atoms with Crippen LogP contribution in [0.5, 0.6) is 6.01 Å². The first kappa shape index (κ1) is 30.3. The Balaban J connectivity index is 1.31. The third-order valence-electron chi connectivity index (χ3n) is 9.56. The maximum atomic E-state index is 16.7. The van der Waals surface area contributed by atoms with Crippen LogP contribution in [0.2, 0.25) is 5.02 Å². The fourth-order valence-electron chi connectivity index (χ4n) is 7.01. The molecule has 1 amide bonds. The highest BCUT2D eigenvalue weighted by Gasteiger charge is 2.35. The molecule has 2 aromatic carbocycles. The van der Waals surface area contributed by atoms with Gasteiger partial charge in [0.2, 0.25) is 0 Å². The summed E-state index contributed by atoms with van der Waals surface area (Å²) in [6.07, 6.45) is 6.03. The number of piperazine rings is 1. The van der Waals surface area contributed by atoms with Crippen molar-refractivity contribution in [2.45, 2.75) is 56.7 Å². The quantitative estimate of drug-likeness (QED) is 0.248. The zero-order valence-electron chi connectivity index (χ0n) is 25.0. The number of nitriles is 1. The Bertz CT molecular complexity index is 1870. The molecule has 1 N–H and O–H groups in total. The number of nitrogens with zero attached hydrogens (tertiary/aromatic N) is 7. The number of hydrogen-bond acceptors (Lipinski definition) is 8. The number of benzene rings is 2. The molecule has 46 heavy (non-hydrogen) atoms. The summed E-state index contributed by atoms with van der Waals surface area (Å²) >= 11 is 6.38. The molecule has 0 unspecified atom stereocenters. The molecule has 238 valence electrons. The summed E-state index contributed by atoms with van der Waals surface area (Å²) < 4.78 is 37.4. The van der Waals surface area contributed by atoms with Crippen LogP contribution in [0.15, 0.2) is 36.5 Å². The van der Waals surface area contributed by atoms with Gasteiger partial charge in [0, 0.05) is 48.9 Å². The van der Waals surface area contributed by atoms with Crippen molar-refractivity contribution in [2.24, 2.45) is 0 Å². The lowest BCUT2D eigenvalue weighted by Gasteiger charge is -2.40. The fourth-order valence-corrected chi connectivity index (χ4v) is 7.28. The molecule has 3 aliphatic rings. The number of hydrogen-bond donors (Lipinski definition) is 1. The molecule has 4 aromatic rings. The number of likely N-dealkylation sites (tertiary alicyclic amines) is 1. The zero-order valence-corrected chi connectivity index (χ0v) is 25.8. The molecule has 2 aromatic heterocycles. The molecule has 4 heterocycles. The van der Waals surface area contributed by atoms with Crippen LogP contribution in [0, 0.1) is 23.0 Å². The zero-order chi connectivity index (χ0) is 31.9. The maximum absolute atomic E-state index is 16.7. The van der Waals surface area contributed by atoms with Gasteiger partial charge in [-0.15, -0.1) is 0 Å². The Morgan fingerprint density at radius 2 is 1.93 bits per heavy atom. The molecule has 0 radical (unpaired) electrons. The molecule has 0 bridgehead atoms. The second kappa shape index (κ2) is 12.5. The van der Waals surface area contributed by atoms with Crippen LogP contribution in [0.4, 0.5) is 19.4 Å². The van der Waals surface area contributed by atoms with E-state index >= 15 is 4.39 Å². The van der Waals surface area contributed by atoms with Crippen molar-refractivity contribution >= 4 is 45.2 Å². The van der Waals surface area contributed by atoms with E-state index in [0.717, 1.165) is 19.4 Å². The maximum Gasteiger partial charge on any atom is 0.407 e. The van der Waals surface area contributed by atoms with E-state index in [4.69, 9.17) is 21.3 Å². The first-order chi connectivity index (χ1) is 22.3. The smallest absolute Gasteiger partial charge is 0.407 e. The Morgan fingerprint density at radius 1 is 1.09 bits per heavy atom. The normalized spacial score (nSPS) is 20.7. The van der Waals surface area contributed by atoms with Gasteiger partial charge in [0.1, 0.15) is 29.5 Å². The number of anilines is 1. The summed E-state index contributed by atoms with van der Waals surface area (Å²) in [5.41, 5.74) is 0.232. The minimum atomic E-state index is -1.11. The largest absolute Gasteiger partial charge is 0.465 e. The summed E-state index contributed by atoms with van der Waals surface area (Å²) in [6, 6.07) is 10.2. The van der Waals surface area contributed by atoms with E-state index in [1.807, 2.05) is 4.90 Å². The second-order valence-electron chi connectivity index (χ2n) is 12.1. The summed E-state index contributed by atoms with van der Waals surface area (Å²) in [4.78, 5) is 31.2. The van der Waals surface area contributed by atoms with Crippen molar-refractivity contribution in [3.63, 3.8) is 0 Å². The molecule has 3 fully saturated rings. The van der Waals surface area contributed by atoms with Crippen molar-refractivity contribution in [3.8, 4) is 23.3 Å². The number of pyridine rings is 1. The molecule has 1 saturated carbocycles. The minimum Gasteiger partial charge on any atom is -0.465 e. The number of carboxylic acid groups (broad SMARTS) is 1. The van der Waals surface area contributed by atoms with Crippen LogP contribution in [-0.4, -0.2) is 86.9 Å². The lowest BCUT2D eigenvalue weighted by Crippen LogP contribution is -2.55. The number of rotatable bonds is 7. The first-order valence-electron chi connectivity index (χ1n) is 15.6. The van der Waals surface area contributed by atoms with Gasteiger partial charge in [0.05, 0.1) is 28.9 Å². The standard InChI is InChI=1S/C33H32ClF2N7O3/c34-27-25(35)10-9-19-4-1-8-23(26(19)27)29-28(36)30-24(16-38-29)31(41-14-15-43(33(44)45)21(17-41)11-12-37)40-32(39-30)46-18-22-7-3-13-42(22)20-5-2-6-20/h1,4,8-10,16,20-22H,2-3,5-7,11,13-15,17-18H2,(H,44,45)/t21-,22-/m0/s1. The average Bonchev–Trinajstić information content (AvgIpc) is 3.48. The van der Waals surface area contributed by atoms with Gasteiger partial charge in [0.25, 0.3) is 0 Å². The molecule has 7 rings (SSSR count). The molecular weight excluding hydrogens is 616 g/mol. The monoisotopic (exact) mass is 647 g/mol. The highest BCUT2D eigenvalue weighted by Crippen LogP contribution is 2.39. The summed E-state index contributed by atoms with van der Waals surface area (Å²) in [5, 5.41) is 20.3. The third-order valence-corrected chi connectivity index (χ3v) is 9.93. The lowest BCUT2D eigenvalue weighted by atomic mass is 9.91. The molecule has 2 atom stereocenters. The molecular formula is C33H32ClF2N7O3. The van der Waals surface area contributed by atoms with Gasteiger partial charge in [-0.2, -0.15) is 15.2 Å². The van der Waals surface area contributed by atoms with E-state index < -0.39 is 23.8 Å². The summed E-state index contributed by atoms with van der Waals surface area (Å²) in [7, 11) is 0. The first-order valence-corrected chi connectivity index (χ1v) is 15.9. The number of carbonyl (C=O) groups is 1. The van der Waals surface area contributed by atoms with E-state index in [1.54, 1.807) is 24.3 Å². The van der Waals surface area contributed by atoms with E-state index in [-0.39, 0.29) is 54.3 Å². The number of halogens is 3. The van der Waals surface area contributed by atoms with Crippen molar-refractivity contribution in [1.29, 1.82) is 5.26 Å². The van der Waals surface area contributed by atoms with Crippen LogP contribution in [0.25, 0.3) is 32.9 Å². The number of aromatic nitrogens is 3. The number of fused-ring (bicyclic) bond motifs is 2. The van der Waals surface area contributed by atoms with Crippen LogP contribution >= 0.6 is 11.6 Å². The van der Waals surface area contributed by atoms with Gasteiger partial charge >= 0.3 is 12.1 Å². The molecule has 13 heteroatoms. The molecule has 1 aliphatic carbocycles. The van der Waals surface area contributed by atoms with E-state index in [1.165, 1.54) is 36.4 Å². The van der Waals surface area contributed by atoms with Crippen LogP contribution in [-0.2, 0) is 0 Å². The summed E-state index contributed by atoms with van der Waals surface area (Å²) in [6.45, 7) is 1.94. The fraction of sp³-hybridized carbons (Fsp3) is 0.424. The van der Waals surface area contributed by atoms with E-state index in [9.17, 15) is 19.6 Å². The van der Waals surface area contributed by atoms with E-state index in [0.29, 0.717) is 40.2 Å². The highest BCUT2D eigenvalue weighted by molar-refractivity contribution is 6.36. The second-order valence-corrected chi connectivity index (χ2v) is 12.5. The highest BCUT2D eigenvalue weighted by atomic mass is 35.5. The van der Waals surface area contributed by atoms with Crippen molar-refractivity contribution in [2.75, 3.05) is 37.7 Å². The van der Waals surface area contributed by atoms with Gasteiger partial charge in [-0.1, -0.05) is 42.3 Å². The van der Waals surface area contributed by atoms with Gasteiger partial charge in [0.15, 0.2) is 5.82 Å². The molecule has 10 nitrogen and oxygen atoms in total. The van der Waals surface area contributed by atoms with Crippen molar-refractivity contribution in [1.82, 2.24) is 24.8 Å². The van der Waals surface area contributed by atoms with E-state index in [2.05, 4.69) is 20.9 Å². The van der Waals surface area contributed by atoms with Crippen molar-refractivity contribution in [3.05, 3.63) is 53.2 Å². The Hall–Kier alpha value is -4.34. The number of amides is 1. The van der Waals surface area contributed by atoms with Crippen LogP contribution < -0.4 is 9.64 Å². The van der Waals surface area contributed by atoms with Gasteiger partial charge in [-0.25, -0.2) is 13.6 Å². The SMILES string of the molecule is N#CC[C@H]1CN(c2nc(OC[C@@H]3CCCN3C3CCC3)nc3c(F)c(-c4cccc5ccc(F)c(Cl)c45)ncc23)CCN1C(=O)O. The Morgan fingerprint density at radius 3 is 2.70 bits per heavy atom. The Kier molecular flexibility index (Phi) is 8.21. The molecule has 0 spiro atoms.